The minimum atomic E-state index is -0.540. The summed E-state index contributed by atoms with van der Waals surface area (Å²) in [7, 11) is 0. The molecule has 2 aromatic carbocycles. The smallest absolute Gasteiger partial charge is 0.412 e. The molecule has 0 unspecified atom stereocenters. The van der Waals surface area contributed by atoms with E-state index in [9.17, 15) is 9.59 Å². The zero-order valence-corrected chi connectivity index (χ0v) is 16.5. The molecule has 1 heterocycles. The maximum atomic E-state index is 13.2. The van der Waals surface area contributed by atoms with Gasteiger partial charge in [0.1, 0.15) is 11.6 Å². The predicted molar refractivity (Wildman–Crippen MR) is 111 cm³/mol. The molecule has 142 valence electrons. The summed E-state index contributed by atoms with van der Waals surface area (Å²) in [6.45, 7) is 2.19. The average molecular weight is 391 g/mol. The quantitative estimate of drug-likeness (QED) is 0.582. The van der Waals surface area contributed by atoms with Crippen LogP contribution in [-0.2, 0) is 24.2 Å². The molecule has 0 bridgehead atoms. The number of carbonyl (C=O) groups is 2. The summed E-state index contributed by atoms with van der Waals surface area (Å²) in [6.07, 6.45) is 2.34. The summed E-state index contributed by atoms with van der Waals surface area (Å²) in [5, 5.41) is 3.40. The highest BCUT2D eigenvalue weighted by molar-refractivity contribution is 7.17. The summed E-state index contributed by atoms with van der Waals surface area (Å²) in [5.41, 5.74) is 4.36. The molecule has 0 aliphatic heterocycles. The van der Waals surface area contributed by atoms with Crippen LogP contribution < -0.4 is 5.32 Å². The molecule has 1 aliphatic rings. The molecule has 4 nitrogen and oxygen atoms in total. The lowest BCUT2D eigenvalue weighted by molar-refractivity contribution is 0.103. The van der Waals surface area contributed by atoms with Crippen molar-refractivity contribution in [1.29, 1.82) is 0 Å². The van der Waals surface area contributed by atoms with Gasteiger partial charge in [0.05, 0.1) is 5.56 Å². The number of anilines is 1. The van der Waals surface area contributed by atoms with Crippen molar-refractivity contribution < 1.29 is 14.3 Å². The molecule has 0 saturated heterocycles. The van der Waals surface area contributed by atoms with Crippen LogP contribution >= 0.6 is 11.3 Å². The van der Waals surface area contributed by atoms with Crippen LogP contribution in [0.4, 0.5) is 9.80 Å². The standard InChI is InChI=1S/C23H21NO3S/c1-15-10-12-17(13-11-15)21(25)20-18-8-5-9-19(18)28-22(20)24-23(26)27-14-16-6-3-2-4-7-16/h2-4,6-7,10-13H,5,8-9,14H2,1H3,(H,24,26). The lowest BCUT2D eigenvalue weighted by Gasteiger charge is -2.09. The van der Waals surface area contributed by atoms with Crippen LogP contribution in [-0.4, -0.2) is 11.9 Å². The third-order valence-corrected chi connectivity index (χ3v) is 6.10. The lowest BCUT2D eigenvalue weighted by Crippen LogP contribution is -2.15. The molecule has 0 fully saturated rings. The Balaban J connectivity index is 1.55. The van der Waals surface area contributed by atoms with Gasteiger partial charge in [0, 0.05) is 10.4 Å². The normalized spacial score (nSPS) is 12.5. The SMILES string of the molecule is Cc1ccc(C(=O)c2c(NC(=O)OCc3ccccc3)sc3c2CCC3)cc1. The van der Waals surface area contributed by atoms with E-state index in [0.29, 0.717) is 16.1 Å². The molecule has 28 heavy (non-hydrogen) atoms. The van der Waals surface area contributed by atoms with Crippen LogP contribution in [0.15, 0.2) is 54.6 Å². The van der Waals surface area contributed by atoms with Gasteiger partial charge in [-0.1, -0.05) is 60.2 Å². The van der Waals surface area contributed by atoms with Gasteiger partial charge in [-0.05, 0) is 37.3 Å². The highest BCUT2D eigenvalue weighted by Crippen LogP contribution is 2.40. The number of aryl methyl sites for hydroxylation is 2. The predicted octanol–water partition coefficient (Wildman–Crippen LogP) is 5.52. The second kappa shape index (κ2) is 7.98. The molecule has 0 spiro atoms. The third kappa shape index (κ3) is 3.85. The van der Waals surface area contributed by atoms with Crippen molar-refractivity contribution in [2.45, 2.75) is 32.8 Å². The van der Waals surface area contributed by atoms with Crippen molar-refractivity contribution in [2.24, 2.45) is 0 Å². The summed E-state index contributed by atoms with van der Waals surface area (Å²) in [5.74, 6) is -0.0437. The number of fused-ring (bicyclic) bond motifs is 1. The van der Waals surface area contributed by atoms with Crippen molar-refractivity contribution in [3.8, 4) is 0 Å². The maximum absolute atomic E-state index is 13.2. The van der Waals surface area contributed by atoms with E-state index in [1.165, 1.54) is 16.2 Å². The molecular weight excluding hydrogens is 370 g/mol. The number of carbonyl (C=O) groups excluding carboxylic acids is 2. The van der Waals surface area contributed by atoms with Crippen molar-refractivity contribution in [1.82, 2.24) is 0 Å². The van der Waals surface area contributed by atoms with Crippen LogP contribution in [0.25, 0.3) is 0 Å². The average Bonchev–Trinajstić information content (AvgIpc) is 3.28. The minimum Gasteiger partial charge on any atom is -0.444 e. The van der Waals surface area contributed by atoms with E-state index >= 15 is 0 Å². The summed E-state index contributed by atoms with van der Waals surface area (Å²) < 4.78 is 5.33. The van der Waals surface area contributed by atoms with Crippen LogP contribution in [0, 0.1) is 6.92 Å². The Morgan fingerprint density at radius 2 is 1.79 bits per heavy atom. The molecule has 4 rings (SSSR count). The Kier molecular flexibility index (Phi) is 5.26. The van der Waals surface area contributed by atoms with Gasteiger partial charge in [0.15, 0.2) is 5.78 Å². The van der Waals surface area contributed by atoms with Gasteiger partial charge in [-0.2, -0.15) is 0 Å². The summed E-state index contributed by atoms with van der Waals surface area (Å²) in [4.78, 5) is 26.7. The molecule has 1 amide bonds. The van der Waals surface area contributed by atoms with Crippen LogP contribution in [0.2, 0.25) is 0 Å². The molecule has 5 heteroatoms. The molecular formula is C23H21NO3S. The van der Waals surface area contributed by atoms with E-state index < -0.39 is 6.09 Å². The number of nitrogens with one attached hydrogen (secondary N) is 1. The van der Waals surface area contributed by atoms with Gasteiger partial charge in [-0.15, -0.1) is 11.3 Å². The molecule has 0 atom stereocenters. The Labute approximate surface area is 168 Å². The number of ketones is 1. The minimum absolute atomic E-state index is 0.0437. The number of rotatable bonds is 5. The van der Waals surface area contributed by atoms with E-state index in [2.05, 4.69) is 5.32 Å². The molecule has 3 aromatic rings. The Morgan fingerprint density at radius 1 is 1.04 bits per heavy atom. The first-order chi connectivity index (χ1) is 13.6. The van der Waals surface area contributed by atoms with Gasteiger partial charge in [-0.3, -0.25) is 10.1 Å². The van der Waals surface area contributed by atoms with Crippen molar-refractivity contribution in [2.75, 3.05) is 5.32 Å². The van der Waals surface area contributed by atoms with Gasteiger partial charge in [-0.25, -0.2) is 4.79 Å². The number of hydrogen-bond acceptors (Lipinski definition) is 4. The second-order valence-electron chi connectivity index (χ2n) is 6.94. The first-order valence-corrected chi connectivity index (χ1v) is 10.2. The van der Waals surface area contributed by atoms with E-state index in [4.69, 9.17) is 4.74 Å². The number of benzene rings is 2. The van der Waals surface area contributed by atoms with E-state index in [1.807, 2.05) is 61.5 Å². The monoisotopic (exact) mass is 391 g/mol. The van der Waals surface area contributed by atoms with Gasteiger partial charge in [0.2, 0.25) is 0 Å². The van der Waals surface area contributed by atoms with Crippen LogP contribution in [0.3, 0.4) is 0 Å². The highest BCUT2D eigenvalue weighted by atomic mass is 32.1. The van der Waals surface area contributed by atoms with E-state index in [1.54, 1.807) is 0 Å². The topological polar surface area (TPSA) is 55.4 Å². The number of thiophene rings is 1. The first-order valence-electron chi connectivity index (χ1n) is 9.35. The molecule has 0 saturated carbocycles. The molecule has 0 radical (unpaired) electrons. The highest BCUT2D eigenvalue weighted by Gasteiger charge is 2.28. The number of hydrogen-bond donors (Lipinski definition) is 1. The Hall–Kier alpha value is -2.92. The number of ether oxygens (including phenoxy) is 1. The summed E-state index contributed by atoms with van der Waals surface area (Å²) >= 11 is 1.49. The fraction of sp³-hybridized carbons (Fsp3) is 0.217. The fourth-order valence-electron chi connectivity index (χ4n) is 3.43. The van der Waals surface area contributed by atoms with Crippen molar-refractivity contribution >= 4 is 28.2 Å². The lowest BCUT2D eigenvalue weighted by atomic mass is 9.99. The Morgan fingerprint density at radius 3 is 2.54 bits per heavy atom. The zero-order valence-electron chi connectivity index (χ0n) is 15.7. The first kappa shape index (κ1) is 18.4. The summed E-state index contributed by atoms with van der Waals surface area (Å²) in [6, 6.07) is 17.1. The second-order valence-corrected chi connectivity index (χ2v) is 8.05. The van der Waals surface area contributed by atoms with Crippen molar-refractivity contribution in [3.05, 3.63) is 87.3 Å². The van der Waals surface area contributed by atoms with E-state index in [0.717, 1.165) is 36.0 Å². The zero-order chi connectivity index (χ0) is 19.5. The molecule has 1 aromatic heterocycles. The Bertz CT molecular complexity index is 1010. The third-order valence-electron chi connectivity index (χ3n) is 4.89. The molecule has 1 aliphatic carbocycles. The number of amides is 1. The van der Waals surface area contributed by atoms with Gasteiger partial charge >= 0.3 is 6.09 Å². The van der Waals surface area contributed by atoms with Crippen LogP contribution in [0.5, 0.6) is 0 Å². The molecule has 1 N–H and O–H groups in total. The van der Waals surface area contributed by atoms with Gasteiger partial charge in [0.25, 0.3) is 0 Å². The van der Waals surface area contributed by atoms with Crippen molar-refractivity contribution in [3.63, 3.8) is 0 Å². The van der Waals surface area contributed by atoms with Gasteiger partial charge < -0.3 is 4.74 Å². The largest absolute Gasteiger partial charge is 0.444 e. The fourth-order valence-corrected chi connectivity index (χ4v) is 4.71. The van der Waals surface area contributed by atoms with E-state index in [-0.39, 0.29) is 12.4 Å². The maximum Gasteiger partial charge on any atom is 0.412 e. The van der Waals surface area contributed by atoms with Crippen LogP contribution in [0.1, 0.15) is 43.9 Å².